The lowest BCUT2D eigenvalue weighted by molar-refractivity contribution is -0.623. The highest BCUT2D eigenvalue weighted by molar-refractivity contribution is 7.85. The van der Waals surface area contributed by atoms with E-state index in [1.807, 2.05) is 13.0 Å². The van der Waals surface area contributed by atoms with Gasteiger partial charge in [-0.15, -0.1) is 0 Å². The summed E-state index contributed by atoms with van der Waals surface area (Å²) in [5.41, 5.74) is 2.43. The van der Waals surface area contributed by atoms with Gasteiger partial charge in [0.15, 0.2) is 5.69 Å². The highest BCUT2D eigenvalue weighted by Gasteiger charge is 2.47. The zero-order chi connectivity index (χ0) is 24.6. The summed E-state index contributed by atoms with van der Waals surface area (Å²) in [6.07, 6.45) is 1.57. The molecule has 0 aliphatic heterocycles. The average molecular weight is 487 g/mol. The summed E-state index contributed by atoms with van der Waals surface area (Å²) >= 11 is 0. The van der Waals surface area contributed by atoms with Crippen LogP contribution in [0.4, 0.5) is 5.69 Å². The molecule has 1 atom stereocenters. The summed E-state index contributed by atoms with van der Waals surface area (Å²) in [7, 11) is -6.46. The third-order valence-electron chi connectivity index (χ3n) is 6.52. The Labute approximate surface area is 198 Å². The molecule has 2 aromatic carbocycles. The second-order valence-electron chi connectivity index (χ2n) is 9.53. The Bertz CT molecular complexity index is 1200. The molecule has 0 bridgehead atoms. The molecular weight excluding hydrogens is 452 g/mol. The van der Waals surface area contributed by atoms with Crippen LogP contribution in [0.1, 0.15) is 47.1 Å². The van der Waals surface area contributed by atoms with Crippen molar-refractivity contribution in [2.24, 2.45) is 0 Å². The molecule has 6 nitrogen and oxygen atoms in total. The highest BCUT2D eigenvalue weighted by Crippen LogP contribution is 2.44. The summed E-state index contributed by atoms with van der Waals surface area (Å²) in [5.74, 6) is 0.658. The number of quaternary nitrogens is 1. The Kier molecular flexibility index (Phi) is 7.33. The summed E-state index contributed by atoms with van der Waals surface area (Å²) in [4.78, 5) is 4.38. The maximum atomic E-state index is 13.2. The van der Waals surface area contributed by atoms with Gasteiger partial charge in [-0.2, -0.15) is 8.42 Å². The molecule has 0 amide bonds. The number of fused-ring (bicyclic) bond motifs is 1. The number of hydrogen-bond acceptors (Lipinski definition) is 5. The molecule has 0 fully saturated rings. The van der Waals surface area contributed by atoms with E-state index in [2.05, 4.69) is 46.5 Å². The standard InChI is InChI=1S/C25H34N2O4SSi/c1-17(2)33(18(3)4,19(5)6)31-24-15-14-23(25-22(24)9-8-16-26-25)27(28)32(29,30)21-12-10-20(7)11-13-21/h8-19,27H,1-7H3. The molecule has 0 saturated carbocycles. The molecule has 1 N–H and O–H groups in total. The molecule has 3 aromatic rings. The lowest BCUT2D eigenvalue weighted by atomic mass is 10.2. The van der Waals surface area contributed by atoms with Gasteiger partial charge in [0.1, 0.15) is 16.2 Å². The van der Waals surface area contributed by atoms with Gasteiger partial charge in [-0.05, 0) is 53.9 Å². The summed E-state index contributed by atoms with van der Waals surface area (Å²) < 4.78 is 32.0. The zero-order valence-corrected chi connectivity index (χ0v) is 22.2. The van der Waals surface area contributed by atoms with Crippen LogP contribution >= 0.6 is 0 Å². The Morgan fingerprint density at radius 2 is 1.48 bits per heavy atom. The van der Waals surface area contributed by atoms with E-state index in [0.717, 1.165) is 5.56 Å². The number of nitrogens with one attached hydrogen (secondary N) is 1. The maximum Gasteiger partial charge on any atom is 0.330 e. The molecule has 0 spiro atoms. The Hall–Kier alpha value is -2.26. The van der Waals surface area contributed by atoms with Crippen molar-refractivity contribution in [1.29, 1.82) is 0 Å². The van der Waals surface area contributed by atoms with Crippen LogP contribution in [0.5, 0.6) is 5.75 Å². The van der Waals surface area contributed by atoms with Gasteiger partial charge in [-0.3, -0.25) is 0 Å². The minimum absolute atomic E-state index is 0.0200. The average Bonchev–Trinajstić information content (AvgIpc) is 2.76. The molecule has 0 aliphatic carbocycles. The van der Waals surface area contributed by atoms with E-state index in [1.165, 1.54) is 12.1 Å². The SMILES string of the molecule is Cc1ccc(S(=O)(=O)[NH+]([O-])c2ccc(O[Si](C(C)C)(C(C)C)C(C)C)c3cccnc23)cc1. The van der Waals surface area contributed by atoms with Crippen LogP contribution in [0.2, 0.25) is 16.6 Å². The molecule has 33 heavy (non-hydrogen) atoms. The fourth-order valence-corrected chi connectivity index (χ4v) is 11.3. The number of nitrogens with zero attached hydrogens (tertiary/aromatic N) is 1. The van der Waals surface area contributed by atoms with Crippen molar-refractivity contribution in [3.8, 4) is 5.75 Å². The predicted molar refractivity (Wildman–Crippen MR) is 136 cm³/mol. The molecule has 0 aliphatic rings. The molecule has 3 rings (SSSR count). The van der Waals surface area contributed by atoms with Crippen molar-refractivity contribution in [1.82, 2.24) is 4.98 Å². The van der Waals surface area contributed by atoms with Crippen molar-refractivity contribution in [3.05, 3.63) is 65.5 Å². The lowest BCUT2D eigenvalue weighted by Crippen LogP contribution is -3.04. The Balaban J connectivity index is 2.14. The van der Waals surface area contributed by atoms with Gasteiger partial charge in [0, 0.05) is 17.6 Å². The van der Waals surface area contributed by atoms with E-state index >= 15 is 0 Å². The minimum atomic E-state index is -4.20. The monoisotopic (exact) mass is 486 g/mol. The number of aryl methyl sites for hydroxylation is 1. The predicted octanol–water partition coefficient (Wildman–Crippen LogP) is 5.50. The smallest absolute Gasteiger partial charge is 0.330 e. The molecule has 178 valence electrons. The molecule has 0 saturated heterocycles. The van der Waals surface area contributed by atoms with Crippen LogP contribution in [0.25, 0.3) is 10.9 Å². The number of pyridine rings is 1. The molecule has 1 unspecified atom stereocenters. The van der Waals surface area contributed by atoms with E-state index in [0.29, 0.717) is 33.3 Å². The van der Waals surface area contributed by atoms with Gasteiger partial charge in [0.05, 0.1) is 0 Å². The van der Waals surface area contributed by atoms with E-state index in [-0.39, 0.29) is 10.6 Å². The first kappa shape index (κ1) is 25.4. The first-order chi connectivity index (χ1) is 15.4. The van der Waals surface area contributed by atoms with Crippen molar-refractivity contribution in [2.75, 3.05) is 0 Å². The normalized spacial score (nSPS) is 13.8. The van der Waals surface area contributed by atoms with Crippen LogP contribution < -0.4 is 8.89 Å². The highest BCUT2D eigenvalue weighted by atomic mass is 32.2. The number of sulfonamides is 1. The van der Waals surface area contributed by atoms with Gasteiger partial charge in [-0.1, -0.05) is 59.2 Å². The zero-order valence-electron chi connectivity index (χ0n) is 20.4. The second kappa shape index (κ2) is 9.54. The van der Waals surface area contributed by atoms with Crippen molar-refractivity contribution in [2.45, 2.75) is 70.0 Å². The summed E-state index contributed by atoms with van der Waals surface area (Å²) in [6, 6.07) is 13.2. The molecule has 1 aromatic heterocycles. The van der Waals surface area contributed by atoms with Gasteiger partial charge in [0.2, 0.25) is 0 Å². The number of rotatable bonds is 8. The van der Waals surface area contributed by atoms with Gasteiger partial charge >= 0.3 is 10.0 Å². The van der Waals surface area contributed by atoms with Crippen LogP contribution in [0.15, 0.2) is 59.6 Å². The topological polar surface area (TPSA) is 83.8 Å². The van der Waals surface area contributed by atoms with Gasteiger partial charge in [-0.25, -0.2) is 9.45 Å². The van der Waals surface area contributed by atoms with Crippen LogP contribution in [-0.2, 0) is 10.0 Å². The van der Waals surface area contributed by atoms with Crippen LogP contribution in [0.3, 0.4) is 0 Å². The van der Waals surface area contributed by atoms with Gasteiger partial charge in [0.25, 0.3) is 8.32 Å². The summed E-state index contributed by atoms with van der Waals surface area (Å²) in [5, 5.41) is 13.9. The lowest BCUT2D eigenvalue weighted by Gasteiger charge is -2.42. The molecule has 0 radical (unpaired) electrons. The first-order valence-corrected chi connectivity index (χ1v) is 15.0. The van der Waals surface area contributed by atoms with Crippen molar-refractivity contribution >= 4 is 34.9 Å². The molecular formula is C25H34N2O4SSi. The molecule has 8 heteroatoms. The quantitative estimate of drug-likeness (QED) is 0.336. The van der Waals surface area contributed by atoms with Crippen molar-refractivity contribution < 1.29 is 17.3 Å². The fraction of sp³-hybridized carbons (Fsp3) is 0.400. The maximum absolute atomic E-state index is 13.2. The number of aromatic nitrogens is 1. The largest absolute Gasteiger partial charge is 0.612 e. The number of benzene rings is 2. The number of hydrogen-bond donors (Lipinski definition) is 1. The summed E-state index contributed by atoms with van der Waals surface area (Å²) in [6.45, 7) is 15.1. The van der Waals surface area contributed by atoms with E-state index in [1.54, 1.807) is 36.5 Å². The van der Waals surface area contributed by atoms with Crippen molar-refractivity contribution in [3.63, 3.8) is 0 Å². The van der Waals surface area contributed by atoms with E-state index in [9.17, 15) is 13.6 Å². The fourth-order valence-electron chi connectivity index (χ4n) is 4.91. The van der Waals surface area contributed by atoms with E-state index in [4.69, 9.17) is 4.43 Å². The van der Waals surface area contributed by atoms with E-state index < -0.39 is 22.8 Å². The Morgan fingerprint density at radius 3 is 2.03 bits per heavy atom. The minimum Gasteiger partial charge on any atom is -0.612 e. The molecule has 1 heterocycles. The third kappa shape index (κ3) is 4.57. The van der Waals surface area contributed by atoms with Crippen LogP contribution in [0, 0.1) is 12.1 Å². The van der Waals surface area contributed by atoms with Gasteiger partial charge < -0.3 is 9.63 Å². The second-order valence-corrected chi connectivity index (χ2v) is 16.8. The third-order valence-corrected chi connectivity index (χ3v) is 14.1. The Morgan fingerprint density at radius 1 is 0.909 bits per heavy atom. The van der Waals surface area contributed by atoms with Crippen LogP contribution in [-0.4, -0.2) is 21.7 Å². The first-order valence-electron chi connectivity index (χ1n) is 11.4.